The molecule has 0 radical (unpaired) electrons. The maximum absolute atomic E-state index is 12.1. The molecule has 5 N–H and O–H groups in total. The van der Waals surface area contributed by atoms with E-state index in [-0.39, 0.29) is 30.4 Å². The van der Waals surface area contributed by atoms with Gasteiger partial charge in [-0.2, -0.15) is 0 Å². The van der Waals surface area contributed by atoms with Gasteiger partial charge in [-0.05, 0) is 119 Å². The summed E-state index contributed by atoms with van der Waals surface area (Å²) >= 11 is 0. The molecule has 2 heterocycles. The van der Waals surface area contributed by atoms with E-state index in [2.05, 4.69) is 5.32 Å². The van der Waals surface area contributed by atoms with E-state index in [9.17, 15) is 19.5 Å². The van der Waals surface area contributed by atoms with Crippen molar-refractivity contribution in [2.75, 3.05) is 13.2 Å². The zero-order valence-electron chi connectivity index (χ0n) is 28.4. The summed E-state index contributed by atoms with van der Waals surface area (Å²) < 4.78 is 8.48. The van der Waals surface area contributed by atoms with Crippen LogP contribution in [0.1, 0.15) is 54.2 Å². The highest BCUT2D eigenvalue weighted by Crippen LogP contribution is 2.17. The molecule has 0 spiro atoms. The highest BCUT2D eigenvalue weighted by atomic mass is 16.6. The summed E-state index contributed by atoms with van der Waals surface area (Å²) in [5.41, 5.74) is 12.8. The first kappa shape index (κ1) is 37.0. The molecule has 4 rings (SSSR count). The van der Waals surface area contributed by atoms with Gasteiger partial charge in [0.05, 0.1) is 19.3 Å². The van der Waals surface area contributed by atoms with Gasteiger partial charge in [0.25, 0.3) is 11.1 Å². The Morgan fingerprint density at radius 3 is 1.64 bits per heavy atom. The van der Waals surface area contributed by atoms with Crippen molar-refractivity contribution in [3.8, 4) is 11.4 Å². The summed E-state index contributed by atoms with van der Waals surface area (Å²) in [6, 6.07) is 17.6. The van der Waals surface area contributed by atoms with Gasteiger partial charge in [0, 0.05) is 41.9 Å². The molecule has 0 bridgehead atoms. The van der Waals surface area contributed by atoms with E-state index in [0.717, 1.165) is 44.8 Å². The first-order valence-corrected chi connectivity index (χ1v) is 15.7. The number of nitrogens with one attached hydrogen (secondary N) is 1. The smallest absolute Gasteiger partial charge is 0.407 e. The number of hydrogen-bond acceptors (Lipinski definition) is 7. The average Bonchev–Trinajstić information content (AvgIpc) is 3.00. The molecular formula is C37H48N4O6. The summed E-state index contributed by atoms with van der Waals surface area (Å²) in [6.45, 7) is 13.0. The Kier molecular flexibility index (Phi) is 12.9. The number of hydrogen-bond donors (Lipinski definition) is 4. The molecule has 2 atom stereocenters. The monoisotopic (exact) mass is 644 g/mol. The van der Waals surface area contributed by atoms with E-state index in [1.807, 2.05) is 70.3 Å². The number of aliphatic hydroxyl groups is 2. The van der Waals surface area contributed by atoms with Crippen molar-refractivity contribution in [2.24, 2.45) is 5.73 Å². The molecule has 10 heteroatoms. The fraction of sp³-hybridized carbons (Fsp3) is 0.378. The minimum absolute atomic E-state index is 0.0292. The highest BCUT2D eigenvalue weighted by molar-refractivity contribution is 5.68. The van der Waals surface area contributed by atoms with Gasteiger partial charge in [0.1, 0.15) is 5.60 Å². The van der Waals surface area contributed by atoms with Gasteiger partial charge in [-0.15, -0.1) is 0 Å². The summed E-state index contributed by atoms with van der Waals surface area (Å²) in [4.78, 5) is 35.9. The molecule has 0 aliphatic carbocycles. The van der Waals surface area contributed by atoms with Crippen LogP contribution in [0.3, 0.4) is 0 Å². The fourth-order valence-electron chi connectivity index (χ4n) is 4.96. The van der Waals surface area contributed by atoms with Gasteiger partial charge in [-0.1, -0.05) is 24.3 Å². The number of aromatic nitrogens is 2. The normalized spacial score (nSPS) is 12.5. The molecule has 47 heavy (non-hydrogen) atoms. The number of pyridine rings is 2. The topological polar surface area (TPSA) is 149 Å². The molecule has 0 saturated carbocycles. The molecule has 0 saturated heterocycles. The van der Waals surface area contributed by atoms with Crippen molar-refractivity contribution in [2.45, 2.75) is 79.0 Å². The van der Waals surface area contributed by atoms with Gasteiger partial charge < -0.3 is 26.0 Å². The molecule has 1 amide bonds. The Morgan fingerprint density at radius 2 is 1.23 bits per heavy atom. The molecule has 10 nitrogen and oxygen atoms in total. The van der Waals surface area contributed by atoms with E-state index in [0.29, 0.717) is 12.8 Å². The lowest BCUT2D eigenvalue weighted by atomic mass is 10.0. The van der Waals surface area contributed by atoms with Crippen LogP contribution in [0.15, 0.2) is 82.6 Å². The van der Waals surface area contributed by atoms with Crippen LogP contribution in [-0.4, -0.2) is 56.3 Å². The van der Waals surface area contributed by atoms with Crippen molar-refractivity contribution in [3.63, 3.8) is 0 Å². The average molecular weight is 645 g/mol. The molecule has 0 aliphatic heterocycles. The molecule has 0 aliphatic rings. The lowest BCUT2D eigenvalue weighted by Gasteiger charge is -2.23. The number of nitrogens with two attached hydrogens (primary N) is 1. The lowest BCUT2D eigenvalue weighted by Crippen LogP contribution is -2.42. The zero-order chi connectivity index (χ0) is 34.9. The number of amides is 1. The summed E-state index contributed by atoms with van der Waals surface area (Å²) in [6.07, 6.45) is 4.17. The van der Waals surface area contributed by atoms with Crippen molar-refractivity contribution < 1.29 is 19.7 Å². The first-order chi connectivity index (χ1) is 22.1. The van der Waals surface area contributed by atoms with E-state index in [1.54, 1.807) is 60.4 Å². The SMILES string of the molecule is Cc1ccc(=O)n(-c2ccc(CC(CO)NC(=O)OC(C)(C)C)c(C)c2)c1.Cc1ccc(=O)n(-c2ccc(CC(N)CO)c(C)c2)c1. The summed E-state index contributed by atoms with van der Waals surface area (Å²) in [7, 11) is 0. The molecule has 2 aromatic carbocycles. The van der Waals surface area contributed by atoms with Gasteiger partial charge in [-0.3, -0.25) is 18.7 Å². The Hall–Kier alpha value is -4.51. The third-order valence-corrected chi connectivity index (χ3v) is 7.45. The number of nitrogens with zero attached hydrogens (tertiary/aromatic N) is 2. The summed E-state index contributed by atoms with van der Waals surface area (Å²) in [5.74, 6) is 0. The van der Waals surface area contributed by atoms with Gasteiger partial charge in [0.2, 0.25) is 0 Å². The molecule has 4 aromatic rings. The van der Waals surface area contributed by atoms with Crippen LogP contribution in [0.2, 0.25) is 0 Å². The standard InChI is InChI=1S/C21H28N2O4.C16H20N2O2/c1-14-6-9-19(25)23(12-14)18-8-7-16(15(2)10-18)11-17(13-24)22-20(26)27-21(3,4)5;1-11-3-6-16(20)18(9-11)15-5-4-13(12(2)7-15)8-14(17)10-19/h6-10,12,17,24H,11,13H2,1-5H3,(H,22,26);3-7,9,14,19H,8,10,17H2,1-2H3. The van der Waals surface area contributed by atoms with Gasteiger partial charge in [-0.25, -0.2) is 4.79 Å². The maximum atomic E-state index is 12.1. The Balaban J connectivity index is 0.000000267. The van der Waals surface area contributed by atoms with Crippen LogP contribution in [0.5, 0.6) is 0 Å². The highest BCUT2D eigenvalue weighted by Gasteiger charge is 2.20. The van der Waals surface area contributed by atoms with Crippen LogP contribution in [0.4, 0.5) is 4.79 Å². The maximum Gasteiger partial charge on any atom is 0.407 e. The van der Waals surface area contributed by atoms with E-state index in [1.165, 1.54) is 0 Å². The van der Waals surface area contributed by atoms with Crippen LogP contribution in [-0.2, 0) is 17.6 Å². The largest absolute Gasteiger partial charge is 0.444 e. The number of aryl methyl sites for hydroxylation is 4. The number of aliphatic hydroxyl groups excluding tert-OH is 2. The van der Waals surface area contributed by atoms with Gasteiger partial charge >= 0.3 is 6.09 Å². The quantitative estimate of drug-likeness (QED) is 0.213. The van der Waals surface area contributed by atoms with E-state index >= 15 is 0 Å². The predicted octanol–water partition coefficient (Wildman–Crippen LogP) is 4.20. The first-order valence-electron chi connectivity index (χ1n) is 15.7. The van der Waals surface area contributed by atoms with Crippen LogP contribution in [0.25, 0.3) is 11.4 Å². The third kappa shape index (κ3) is 11.1. The lowest BCUT2D eigenvalue weighted by molar-refractivity contribution is 0.0482. The van der Waals surface area contributed by atoms with E-state index < -0.39 is 17.7 Å². The molecule has 2 aromatic heterocycles. The van der Waals surface area contributed by atoms with Crippen LogP contribution in [0, 0.1) is 27.7 Å². The number of alkyl carbamates (subject to hydrolysis) is 1. The second-order valence-electron chi connectivity index (χ2n) is 12.9. The predicted molar refractivity (Wildman–Crippen MR) is 186 cm³/mol. The number of benzene rings is 2. The van der Waals surface area contributed by atoms with E-state index in [4.69, 9.17) is 15.6 Å². The Bertz CT molecular complexity index is 1790. The summed E-state index contributed by atoms with van der Waals surface area (Å²) in [5, 5.41) is 21.3. The number of rotatable bonds is 9. The third-order valence-electron chi connectivity index (χ3n) is 7.45. The van der Waals surface area contributed by atoms with Crippen LogP contribution < -0.4 is 22.2 Å². The zero-order valence-corrected chi connectivity index (χ0v) is 28.4. The molecular weight excluding hydrogens is 596 g/mol. The Labute approximate surface area is 276 Å². The minimum Gasteiger partial charge on any atom is -0.444 e. The van der Waals surface area contributed by atoms with Crippen LogP contribution >= 0.6 is 0 Å². The van der Waals surface area contributed by atoms with Crippen molar-refractivity contribution in [1.29, 1.82) is 0 Å². The number of carbonyl (C=O) groups is 1. The Morgan fingerprint density at radius 1 is 0.766 bits per heavy atom. The van der Waals surface area contributed by atoms with Crippen molar-refractivity contribution in [3.05, 3.63) is 127 Å². The molecule has 2 unspecified atom stereocenters. The van der Waals surface area contributed by atoms with Crippen molar-refractivity contribution >= 4 is 6.09 Å². The fourth-order valence-corrected chi connectivity index (χ4v) is 4.96. The second kappa shape index (κ2) is 16.4. The van der Waals surface area contributed by atoms with Crippen molar-refractivity contribution in [1.82, 2.24) is 14.5 Å². The number of ether oxygens (including phenoxy) is 1. The minimum atomic E-state index is -0.595. The van der Waals surface area contributed by atoms with Gasteiger partial charge in [0.15, 0.2) is 0 Å². The molecule has 0 fully saturated rings. The number of carbonyl (C=O) groups excluding carboxylic acids is 1. The molecule has 252 valence electrons. The second-order valence-corrected chi connectivity index (χ2v) is 12.9.